The zero-order valence-electron chi connectivity index (χ0n) is 13.9. The Hall–Kier alpha value is -2.30. The van der Waals surface area contributed by atoms with Gasteiger partial charge >= 0.3 is 0 Å². The molecular weight excluding hydrogens is 290 g/mol. The topological polar surface area (TPSA) is 47.4 Å². The van der Waals surface area contributed by atoms with Crippen molar-refractivity contribution in [3.8, 4) is 5.75 Å². The summed E-state index contributed by atoms with van der Waals surface area (Å²) in [6.45, 7) is 4.89. The number of rotatable bonds is 4. The van der Waals surface area contributed by atoms with Crippen LogP contribution in [0.25, 0.3) is 0 Å². The summed E-state index contributed by atoms with van der Waals surface area (Å²) in [6, 6.07) is 8.36. The number of methoxy groups -OCH3 is 1. The molecule has 0 N–H and O–H groups in total. The van der Waals surface area contributed by atoms with Crippen LogP contribution in [0.4, 0.5) is 0 Å². The van der Waals surface area contributed by atoms with Crippen LogP contribution in [0.1, 0.15) is 54.7 Å². The molecule has 0 bridgehead atoms. The van der Waals surface area contributed by atoms with Gasteiger partial charge in [0.05, 0.1) is 24.9 Å². The standard InChI is InChI=1S/C18H23N3O2/c1-13(2)21-12-15(11-19-21)18(22)20-9-5-8-17(20)14-6-4-7-16(10-14)23-3/h4,6-7,10-13,17H,5,8-9H2,1-3H3/t17-/m0/s1. The number of carbonyl (C=O) groups excluding carboxylic acids is 1. The number of aromatic nitrogens is 2. The summed E-state index contributed by atoms with van der Waals surface area (Å²) in [7, 11) is 1.66. The van der Waals surface area contributed by atoms with E-state index in [1.165, 1.54) is 0 Å². The van der Waals surface area contributed by atoms with Crippen LogP contribution in [0.2, 0.25) is 0 Å². The second-order valence-electron chi connectivity index (χ2n) is 6.24. The second kappa shape index (κ2) is 6.44. The van der Waals surface area contributed by atoms with Crippen LogP contribution in [0, 0.1) is 0 Å². The van der Waals surface area contributed by atoms with Gasteiger partial charge in [0.25, 0.3) is 5.91 Å². The minimum atomic E-state index is 0.0576. The van der Waals surface area contributed by atoms with E-state index in [9.17, 15) is 4.79 Å². The van der Waals surface area contributed by atoms with Gasteiger partial charge in [0.15, 0.2) is 0 Å². The quantitative estimate of drug-likeness (QED) is 0.868. The molecule has 1 aliphatic rings. The molecule has 5 heteroatoms. The zero-order chi connectivity index (χ0) is 16.4. The van der Waals surface area contributed by atoms with Gasteiger partial charge < -0.3 is 9.64 Å². The van der Waals surface area contributed by atoms with E-state index in [0.29, 0.717) is 5.56 Å². The fraction of sp³-hybridized carbons (Fsp3) is 0.444. The van der Waals surface area contributed by atoms with Crippen molar-refractivity contribution >= 4 is 5.91 Å². The minimum Gasteiger partial charge on any atom is -0.497 e. The van der Waals surface area contributed by atoms with Crippen molar-refractivity contribution < 1.29 is 9.53 Å². The third kappa shape index (κ3) is 3.09. The maximum atomic E-state index is 12.9. The van der Waals surface area contributed by atoms with Gasteiger partial charge in [-0.25, -0.2) is 0 Å². The number of hydrogen-bond donors (Lipinski definition) is 0. The Morgan fingerprint density at radius 3 is 2.91 bits per heavy atom. The number of carbonyl (C=O) groups is 1. The van der Waals surface area contributed by atoms with Gasteiger partial charge in [0, 0.05) is 18.8 Å². The van der Waals surface area contributed by atoms with E-state index >= 15 is 0 Å². The predicted molar refractivity (Wildman–Crippen MR) is 88.6 cm³/mol. The van der Waals surface area contributed by atoms with Crippen LogP contribution in [-0.2, 0) is 0 Å². The molecule has 1 aliphatic heterocycles. The average molecular weight is 313 g/mol. The van der Waals surface area contributed by atoms with E-state index in [1.807, 2.05) is 34.0 Å². The van der Waals surface area contributed by atoms with Crippen LogP contribution in [0.3, 0.4) is 0 Å². The highest BCUT2D eigenvalue weighted by molar-refractivity contribution is 5.94. The lowest BCUT2D eigenvalue weighted by Crippen LogP contribution is -2.30. The van der Waals surface area contributed by atoms with Gasteiger partial charge in [-0.05, 0) is 44.4 Å². The Morgan fingerprint density at radius 2 is 2.22 bits per heavy atom. The van der Waals surface area contributed by atoms with E-state index in [4.69, 9.17) is 4.74 Å². The van der Waals surface area contributed by atoms with Crippen molar-refractivity contribution in [2.45, 2.75) is 38.8 Å². The Kier molecular flexibility index (Phi) is 4.37. The highest BCUT2D eigenvalue weighted by Crippen LogP contribution is 2.34. The number of benzene rings is 1. The first-order chi connectivity index (χ1) is 11.1. The van der Waals surface area contributed by atoms with Crippen molar-refractivity contribution in [2.75, 3.05) is 13.7 Å². The molecule has 23 heavy (non-hydrogen) atoms. The van der Waals surface area contributed by atoms with Gasteiger partial charge in [-0.3, -0.25) is 9.48 Å². The monoisotopic (exact) mass is 313 g/mol. The summed E-state index contributed by atoms with van der Waals surface area (Å²) >= 11 is 0. The largest absolute Gasteiger partial charge is 0.497 e. The van der Waals surface area contributed by atoms with Crippen LogP contribution in [-0.4, -0.2) is 34.2 Å². The first kappa shape index (κ1) is 15.6. The van der Waals surface area contributed by atoms with E-state index in [1.54, 1.807) is 13.3 Å². The number of likely N-dealkylation sites (tertiary alicyclic amines) is 1. The SMILES string of the molecule is COc1cccc([C@@H]2CCCN2C(=O)c2cnn(C(C)C)c2)c1. The molecule has 1 fully saturated rings. The lowest BCUT2D eigenvalue weighted by molar-refractivity contribution is 0.0735. The maximum absolute atomic E-state index is 12.9. The summed E-state index contributed by atoms with van der Waals surface area (Å²) in [5.74, 6) is 0.886. The molecule has 0 aliphatic carbocycles. The van der Waals surface area contributed by atoms with E-state index in [0.717, 1.165) is 30.7 Å². The van der Waals surface area contributed by atoms with Crippen molar-refractivity contribution in [3.05, 3.63) is 47.8 Å². The fourth-order valence-corrected chi connectivity index (χ4v) is 3.10. The van der Waals surface area contributed by atoms with Crippen molar-refractivity contribution in [1.29, 1.82) is 0 Å². The van der Waals surface area contributed by atoms with Crippen LogP contribution >= 0.6 is 0 Å². The Morgan fingerprint density at radius 1 is 1.39 bits per heavy atom. The number of nitrogens with zero attached hydrogens (tertiary/aromatic N) is 3. The molecular formula is C18H23N3O2. The van der Waals surface area contributed by atoms with Gasteiger partial charge in [0.2, 0.25) is 0 Å². The van der Waals surface area contributed by atoms with Crippen LogP contribution in [0.5, 0.6) is 5.75 Å². The number of hydrogen-bond acceptors (Lipinski definition) is 3. The van der Waals surface area contributed by atoms with Crippen molar-refractivity contribution in [3.63, 3.8) is 0 Å². The van der Waals surface area contributed by atoms with Gasteiger partial charge in [-0.15, -0.1) is 0 Å². The second-order valence-corrected chi connectivity index (χ2v) is 6.24. The van der Waals surface area contributed by atoms with Crippen LogP contribution in [0.15, 0.2) is 36.7 Å². The molecule has 0 spiro atoms. The zero-order valence-corrected chi connectivity index (χ0v) is 13.9. The molecule has 1 saturated heterocycles. The molecule has 122 valence electrons. The molecule has 3 rings (SSSR count). The normalized spacial score (nSPS) is 17.7. The lowest BCUT2D eigenvalue weighted by atomic mass is 10.0. The Labute approximate surface area is 136 Å². The minimum absolute atomic E-state index is 0.0576. The molecule has 0 radical (unpaired) electrons. The Bertz CT molecular complexity index is 693. The lowest BCUT2D eigenvalue weighted by Gasteiger charge is -2.25. The van der Waals surface area contributed by atoms with E-state index in [2.05, 4.69) is 25.0 Å². The predicted octanol–water partition coefficient (Wildman–Crippen LogP) is 3.45. The molecule has 2 heterocycles. The Balaban J connectivity index is 1.84. The molecule has 2 aromatic rings. The molecule has 1 aromatic carbocycles. The van der Waals surface area contributed by atoms with Crippen molar-refractivity contribution in [2.24, 2.45) is 0 Å². The molecule has 0 unspecified atom stereocenters. The summed E-state index contributed by atoms with van der Waals surface area (Å²) in [5, 5.41) is 4.28. The third-order valence-corrected chi connectivity index (χ3v) is 4.37. The van der Waals surface area contributed by atoms with Crippen LogP contribution < -0.4 is 4.74 Å². The molecule has 5 nitrogen and oxygen atoms in total. The smallest absolute Gasteiger partial charge is 0.257 e. The van der Waals surface area contributed by atoms with Gasteiger partial charge in [-0.2, -0.15) is 5.10 Å². The molecule has 1 amide bonds. The molecule has 1 atom stereocenters. The summed E-state index contributed by atoms with van der Waals surface area (Å²) in [5.41, 5.74) is 1.79. The van der Waals surface area contributed by atoms with Gasteiger partial charge in [-0.1, -0.05) is 12.1 Å². The summed E-state index contributed by atoms with van der Waals surface area (Å²) in [4.78, 5) is 14.8. The summed E-state index contributed by atoms with van der Waals surface area (Å²) in [6.07, 6.45) is 5.51. The average Bonchev–Trinajstić information content (AvgIpc) is 3.23. The molecule has 1 aromatic heterocycles. The molecule has 0 saturated carbocycles. The van der Waals surface area contributed by atoms with Gasteiger partial charge in [0.1, 0.15) is 5.75 Å². The number of amides is 1. The highest BCUT2D eigenvalue weighted by Gasteiger charge is 2.31. The van der Waals surface area contributed by atoms with E-state index in [-0.39, 0.29) is 18.0 Å². The summed E-state index contributed by atoms with van der Waals surface area (Å²) < 4.78 is 7.13. The number of ether oxygens (including phenoxy) is 1. The fourth-order valence-electron chi connectivity index (χ4n) is 3.10. The van der Waals surface area contributed by atoms with Crippen molar-refractivity contribution in [1.82, 2.24) is 14.7 Å². The first-order valence-electron chi connectivity index (χ1n) is 8.09. The maximum Gasteiger partial charge on any atom is 0.257 e. The highest BCUT2D eigenvalue weighted by atomic mass is 16.5. The third-order valence-electron chi connectivity index (χ3n) is 4.37. The first-order valence-corrected chi connectivity index (χ1v) is 8.09. The van der Waals surface area contributed by atoms with E-state index < -0.39 is 0 Å².